The standard InChI is InChI=1S/C15H20N2OS/c1-15(2,3)9-5-6-10-11(7-9)19-13-12(10)14(18)17(4)8-16-13/h8-9H,5-7H2,1-4H3/t9-/m0/s1. The van der Waals surface area contributed by atoms with E-state index in [4.69, 9.17) is 0 Å². The molecule has 2 heterocycles. The first kappa shape index (κ1) is 12.9. The van der Waals surface area contributed by atoms with Gasteiger partial charge in [-0.1, -0.05) is 20.8 Å². The highest BCUT2D eigenvalue weighted by Gasteiger charge is 2.31. The van der Waals surface area contributed by atoms with E-state index in [0.717, 1.165) is 23.1 Å². The topological polar surface area (TPSA) is 34.9 Å². The average molecular weight is 276 g/mol. The van der Waals surface area contributed by atoms with Gasteiger partial charge in [-0.15, -0.1) is 11.3 Å². The second-order valence-electron chi connectivity index (χ2n) is 6.65. The number of aromatic nitrogens is 2. The van der Waals surface area contributed by atoms with Gasteiger partial charge in [-0.3, -0.25) is 4.79 Å². The van der Waals surface area contributed by atoms with Crippen molar-refractivity contribution in [3.8, 4) is 0 Å². The average Bonchev–Trinajstić information content (AvgIpc) is 2.70. The Balaban J connectivity index is 2.14. The van der Waals surface area contributed by atoms with Gasteiger partial charge in [-0.05, 0) is 36.2 Å². The molecular weight excluding hydrogens is 256 g/mol. The summed E-state index contributed by atoms with van der Waals surface area (Å²) in [6.07, 6.45) is 4.94. The molecule has 3 rings (SSSR count). The van der Waals surface area contributed by atoms with Crippen LogP contribution < -0.4 is 5.56 Å². The number of rotatable bonds is 0. The Morgan fingerprint density at radius 2 is 2.16 bits per heavy atom. The zero-order valence-electron chi connectivity index (χ0n) is 12.0. The third kappa shape index (κ3) is 2.02. The second-order valence-corrected chi connectivity index (χ2v) is 7.73. The monoisotopic (exact) mass is 276 g/mol. The Morgan fingerprint density at radius 3 is 2.84 bits per heavy atom. The summed E-state index contributed by atoms with van der Waals surface area (Å²) in [4.78, 5) is 19.0. The van der Waals surface area contributed by atoms with Crippen LogP contribution in [0.3, 0.4) is 0 Å². The maximum absolute atomic E-state index is 12.3. The van der Waals surface area contributed by atoms with E-state index in [1.54, 1.807) is 29.3 Å². The van der Waals surface area contributed by atoms with E-state index in [1.165, 1.54) is 16.9 Å². The molecule has 0 bridgehead atoms. The Morgan fingerprint density at radius 1 is 1.42 bits per heavy atom. The minimum absolute atomic E-state index is 0.108. The molecule has 1 aliphatic carbocycles. The van der Waals surface area contributed by atoms with E-state index in [9.17, 15) is 4.79 Å². The minimum Gasteiger partial charge on any atom is -0.302 e. The van der Waals surface area contributed by atoms with Crippen molar-refractivity contribution in [2.75, 3.05) is 0 Å². The predicted octanol–water partition coefficient (Wildman–Crippen LogP) is 3.15. The molecule has 0 aliphatic heterocycles. The molecule has 0 N–H and O–H groups in total. The number of hydrogen-bond donors (Lipinski definition) is 0. The molecule has 0 amide bonds. The van der Waals surface area contributed by atoms with Crippen molar-refractivity contribution >= 4 is 21.6 Å². The molecule has 0 spiro atoms. The van der Waals surface area contributed by atoms with Crippen LogP contribution >= 0.6 is 11.3 Å². The third-order valence-corrected chi connectivity index (χ3v) is 5.52. The summed E-state index contributed by atoms with van der Waals surface area (Å²) < 4.78 is 1.59. The van der Waals surface area contributed by atoms with Gasteiger partial charge in [-0.25, -0.2) is 4.98 Å². The SMILES string of the molecule is Cn1cnc2sc3c(c2c1=O)CC[C@H](C(C)(C)C)C3. The Bertz CT molecular complexity index is 690. The van der Waals surface area contributed by atoms with Crippen LogP contribution in [0.25, 0.3) is 10.2 Å². The predicted molar refractivity (Wildman–Crippen MR) is 79.8 cm³/mol. The summed E-state index contributed by atoms with van der Waals surface area (Å²) in [7, 11) is 1.78. The van der Waals surface area contributed by atoms with Crippen molar-refractivity contribution in [1.29, 1.82) is 0 Å². The van der Waals surface area contributed by atoms with E-state index < -0.39 is 0 Å². The normalized spacial score (nSPS) is 19.7. The number of fused-ring (bicyclic) bond motifs is 3. The van der Waals surface area contributed by atoms with Gasteiger partial charge in [0.2, 0.25) is 0 Å². The Labute approximate surface area is 117 Å². The first-order valence-electron chi connectivity index (χ1n) is 6.84. The molecule has 1 atom stereocenters. The van der Waals surface area contributed by atoms with Crippen molar-refractivity contribution in [2.24, 2.45) is 18.4 Å². The summed E-state index contributed by atoms with van der Waals surface area (Å²) in [6.45, 7) is 6.94. The van der Waals surface area contributed by atoms with E-state index in [-0.39, 0.29) is 5.56 Å². The van der Waals surface area contributed by atoms with Crippen LogP contribution in [0.15, 0.2) is 11.1 Å². The van der Waals surface area contributed by atoms with Gasteiger partial charge in [-0.2, -0.15) is 0 Å². The van der Waals surface area contributed by atoms with E-state index in [1.807, 2.05) is 0 Å². The lowest BCUT2D eigenvalue weighted by Gasteiger charge is -2.33. The first-order valence-corrected chi connectivity index (χ1v) is 7.65. The fraction of sp³-hybridized carbons (Fsp3) is 0.600. The molecule has 3 nitrogen and oxygen atoms in total. The summed E-state index contributed by atoms with van der Waals surface area (Å²) in [5.41, 5.74) is 1.72. The molecular formula is C15H20N2OS. The van der Waals surface area contributed by atoms with Crippen LogP contribution in [0, 0.1) is 11.3 Å². The maximum atomic E-state index is 12.3. The quantitative estimate of drug-likeness (QED) is 0.741. The highest BCUT2D eigenvalue weighted by Crippen LogP contribution is 2.41. The van der Waals surface area contributed by atoms with Gasteiger partial charge in [0.25, 0.3) is 5.56 Å². The van der Waals surface area contributed by atoms with Gasteiger partial charge >= 0.3 is 0 Å². The van der Waals surface area contributed by atoms with Crippen LogP contribution in [-0.2, 0) is 19.9 Å². The van der Waals surface area contributed by atoms with Gasteiger partial charge < -0.3 is 4.57 Å². The van der Waals surface area contributed by atoms with Crippen LogP contribution in [0.5, 0.6) is 0 Å². The van der Waals surface area contributed by atoms with Crippen molar-refractivity contribution < 1.29 is 0 Å². The minimum atomic E-state index is 0.108. The highest BCUT2D eigenvalue weighted by atomic mass is 32.1. The van der Waals surface area contributed by atoms with Crippen molar-refractivity contribution in [3.05, 3.63) is 27.1 Å². The molecule has 0 aromatic carbocycles. The fourth-order valence-corrected chi connectivity index (χ4v) is 4.25. The summed E-state index contributed by atoms with van der Waals surface area (Å²) in [5.74, 6) is 0.705. The molecule has 0 fully saturated rings. The van der Waals surface area contributed by atoms with E-state index in [2.05, 4.69) is 25.8 Å². The maximum Gasteiger partial charge on any atom is 0.262 e. The molecule has 4 heteroatoms. The van der Waals surface area contributed by atoms with Crippen molar-refractivity contribution in [2.45, 2.75) is 40.0 Å². The molecule has 19 heavy (non-hydrogen) atoms. The molecule has 102 valence electrons. The summed E-state index contributed by atoms with van der Waals surface area (Å²) >= 11 is 1.72. The molecule has 0 unspecified atom stereocenters. The zero-order chi connectivity index (χ0) is 13.8. The molecule has 0 radical (unpaired) electrons. The lowest BCUT2D eigenvalue weighted by molar-refractivity contribution is 0.218. The molecule has 2 aromatic rings. The zero-order valence-corrected chi connectivity index (χ0v) is 12.8. The van der Waals surface area contributed by atoms with Gasteiger partial charge in [0.05, 0.1) is 11.7 Å². The Hall–Kier alpha value is -1.16. The summed E-state index contributed by atoms with van der Waals surface area (Å²) in [6, 6.07) is 0. The molecule has 2 aromatic heterocycles. The van der Waals surface area contributed by atoms with Gasteiger partial charge in [0, 0.05) is 11.9 Å². The van der Waals surface area contributed by atoms with Crippen LogP contribution in [-0.4, -0.2) is 9.55 Å². The lowest BCUT2D eigenvalue weighted by Crippen LogP contribution is -2.26. The fourth-order valence-electron chi connectivity index (χ4n) is 2.99. The Kier molecular flexibility index (Phi) is 2.82. The van der Waals surface area contributed by atoms with Gasteiger partial charge in [0.15, 0.2) is 0 Å². The molecule has 0 saturated heterocycles. The van der Waals surface area contributed by atoms with Crippen LogP contribution in [0.4, 0.5) is 0 Å². The molecule has 0 saturated carbocycles. The number of nitrogens with zero attached hydrogens (tertiary/aromatic N) is 2. The first-order chi connectivity index (χ1) is 8.88. The smallest absolute Gasteiger partial charge is 0.262 e. The lowest BCUT2D eigenvalue weighted by atomic mass is 9.72. The van der Waals surface area contributed by atoms with Crippen molar-refractivity contribution in [3.63, 3.8) is 0 Å². The summed E-state index contributed by atoms with van der Waals surface area (Å²) in [5, 5.41) is 0.873. The van der Waals surface area contributed by atoms with E-state index >= 15 is 0 Å². The number of thiophene rings is 1. The third-order valence-electron chi connectivity index (χ3n) is 4.35. The largest absolute Gasteiger partial charge is 0.302 e. The van der Waals surface area contributed by atoms with Crippen LogP contribution in [0.1, 0.15) is 37.6 Å². The van der Waals surface area contributed by atoms with Gasteiger partial charge in [0.1, 0.15) is 4.83 Å². The highest BCUT2D eigenvalue weighted by molar-refractivity contribution is 7.18. The number of aryl methyl sites for hydroxylation is 2. The van der Waals surface area contributed by atoms with Crippen molar-refractivity contribution in [1.82, 2.24) is 9.55 Å². The number of hydrogen-bond acceptors (Lipinski definition) is 3. The molecule has 1 aliphatic rings. The van der Waals surface area contributed by atoms with Crippen LogP contribution in [0.2, 0.25) is 0 Å². The van der Waals surface area contributed by atoms with E-state index in [0.29, 0.717) is 11.3 Å². The second kappa shape index (κ2) is 4.17.